The molecule has 2 aromatic rings. The summed E-state index contributed by atoms with van der Waals surface area (Å²) in [5.41, 5.74) is 1.14. The third-order valence-electron chi connectivity index (χ3n) is 2.93. The zero-order valence-corrected chi connectivity index (χ0v) is 10.6. The van der Waals surface area contributed by atoms with Crippen molar-refractivity contribution < 1.29 is 8.83 Å². The molecule has 1 N–H and O–H groups in total. The van der Waals surface area contributed by atoms with Crippen molar-refractivity contribution >= 4 is 0 Å². The normalized spacial score (nSPS) is 12.9. The summed E-state index contributed by atoms with van der Waals surface area (Å²) in [6, 6.07) is 6.16. The van der Waals surface area contributed by atoms with Crippen LogP contribution in [0.1, 0.15) is 42.7 Å². The van der Waals surface area contributed by atoms with Crippen LogP contribution < -0.4 is 5.32 Å². The van der Waals surface area contributed by atoms with Crippen LogP contribution in [0.2, 0.25) is 0 Å². The third kappa shape index (κ3) is 2.44. The second-order valence-electron chi connectivity index (χ2n) is 4.08. The first-order chi connectivity index (χ1) is 8.26. The zero-order chi connectivity index (χ0) is 12.3. The first-order valence-corrected chi connectivity index (χ1v) is 6.12. The van der Waals surface area contributed by atoms with Crippen LogP contribution in [0.3, 0.4) is 0 Å². The summed E-state index contributed by atoms with van der Waals surface area (Å²) in [7, 11) is 0. The zero-order valence-electron chi connectivity index (χ0n) is 10.6. The molecule has 0 aliphatic rings. The lowest BCUT2D eigenvalue weighted by molar-refractivity contribution is 0.421. The van der Waals surface area contributed by atoms with Gasteiger partial charge in [-0.25, -0.2) is 0 Å². The van der Waals surface area contributed by atoms with Crippen LogP contribution in [-0.4, -0.2) is 6.54 Å². The second-order valence-corrected chi connectivity index (χ2v) is 4.08. The van der Waals surface area contributed by atoms with E-state index in [4.69, 9.17) is 8.83 Å². The average molecular weight is 233 g/mol. The quantitative estimate of drug-likeness (QED) is 0.859. The minimum Gasteiger partial charge on any atom is -0.469 e. The summed E-state index contributed by atoms with van der Waals surface area (Å²) in [5, 5.41) is 3.43. The van der Waals surface area contributed by atoms with E-state index in [-0.39, 0.29) is 6.04 Å². The molecule has 0 radical (unpaired) electrons. The number of furan rings is 2. The Kier molecular flexibility index (Phi) is 3.69. The maximum Gasteiger partial charge on any atom is 0.125 e. The van der Waals surface area contributed by atoms with Crippen LogP contribution in [0.25, 0.3) is 0 Å². The summed E-state index contributed by atoms with van der Waals surface area (Å²) in [5.74, 6) is 2.91. The molecule has 1 atom stereocenters. The molecule has 0 aliphatic heterocycles. The van der Waals surface area contributed by atoms with E-state index in [1.165, 1.54) is 0 Å². The predicted molar refractivity (Wildman–Crippen MR) is 67.1 cm³/mol. The first kappa shape index (κ1) is 12.0. The number of aryl methyl sites for hydroxylation is 2. The molecule has 92 valence electrons. The molecule has 17 heavy (non-hydrogen) atoms. The summed E-state index contributed by atoms with van der Waals surface area (Å²) in [6.07, 6.45) is 2.64. The molecule has 0 saturated heterocycles. The van der Waals surface area contributed by atoms with Crippen molar-refractivity contribution in [2.24, 2.45) is 0 Å². The number of rotatable bonds is 5. The lowest BCUT2D eigenvalue weighted by Gasteiger charge is -2.14. The van der Waals surface area contributed by atoms with E-state index in [9.17, 15) is 0 Å². The smallest absolute Gasteiger partial charge is 0.125 e. The minimum absolute atomic E-state index is 0.0825. The molecule has 0 spiro atoms. The molecule has 2 heterocycles. The summed E-state index contributed by atoms with van der Waals surface area (Å²) in [4.78, 5) is 0. The van der Waals surface area contributed by atoms with Gasteiger partial charge in [-0.05, 0) is 31.7 Å². The van der Waals surface area contributed by atoms with Gasteiger partial charge >= 0.3 is 0 Å². The predicted octanol–water partition coefficient (Wildman–Crippen LogP) is 3.44. The largest absolute Gasteiger partial charge is 0.469 e. The Morgan fingerprint density at radius 1 is 1.24 bits per heavy atom. The van der Waals surface area contributed by atoms with Gasteiger partial charge in [0.1, 0.15) is 17.3 Å². The topological polar surface area (TPSA) is 38.3 Å². The maximum absolute atomic E-state index is 5.82. The van der Waals surface area contributed by atoms with Gasteiger partial charge < -0.3 is 14.2 Å². The molecule has 0 aromatic carbocycles. The van der Waals surface area contributed by atoms with Gasteiger partial charge in [0.05, 0.1) is 12.3 Å². The highest BCUT2D eigenvalue weighted by molar-refractivity contribution is 5.28. The van der Waals surface area contributed by atoms with Gasteiger partial charge in [0.15, 0.2) is 0 Å². The Labute approximate surface area is 102 Å². The molecule has 0 amide bonds. The van der Waals surface area contributed by atoms with Crippen molar-refractivity contribution in [3.05, 3.63) is 47.3 Å². The van der Waals surface area contributed by atoms with E-state index in [1.54, 1.807) is 6.26 Å². The molecule has 0 fully saturated rings. The second kappa shape index (κ2) is 5.23. The Bertz CT molecular complexity index is 470. The highest BCUT2D eigenvalue weighted by atomic mass is 16.3. The highest BCUT2D eigenvalue weighted by Crippen LogP contribution is 2.27. The van der Waals surface area contributed by atoms with E-state index in [0.717, 1.165) is 35.8 Å². The van der Waals surface area contributed by atoms with Crippen molar-refractivity contribution in [1.82, 2.24) is 5.32 Å². The molecule has 3 nitrogen and oxygen atoms in total. The SMILES string of the molecule is CCNC(c1ccc(CC)o1)c1ccoc1C. The van der Waals surface area contributed by atoms with Crippen LogP contribution in [0.4, 0.5) is 0 Å². The van der Waals surface area contributed by atoms with E-state index in [2.05, 4.69) is 19.2 Å². The Hall–Kier alpha value is -1.48. The van der Waals surface area contributed by atoms with E-state index in [0.29, 0.717) is 0 Å². The van der Waals surface area contributed by atoms with Crippen molar-refractivity contribution in [3.63, 3.8) is 0 Å². The van der Waals surface area contributed by atoms with Crippen molar-refractivity contribution in [1.29, 1.82) is 0 Å². The summed E-state index contributed by atoms with van der Waals surface area (Å²) >= 11 is 0. The van der Waals surface area contributed by atoms with Gasteiger partial charge in [-0.1, -0.05) is 13.8 Å². The van der Waals surface area contributed by atoms with Crippen molar-refractivity contribution in [3.8, 4) is 0 Å². The molecule has 0 saturated carbocycles. The van der Waals surface area contributed by atoms with E-state index >= 15 is 0 Å². The third-order valence-corrected chi connectivity index (χ3v) is 2.93. The van der Waals surface area contributed by atoms with Gasteiger partial charge in [-0.15, -0.1) is 0 Å². The Balaban J connectivity index is 2.32. The van der Waals surface area contributed by atoms with E-state index < -0.39 is 0 Å². The van der Waals surface area contributed by atoms with Crippen LogP contribution in [0, 0.1) is 6.92 Å². The highest BCUT2D eigenvalue weighted by Gasteiger charge is 2.20. The van der Waals surface area contributed by atoms with Gasteiger partial charge in [0.2, 0.25) is 0 Å². The van der Waals surface area contributed by atoms with Gasteiger partial charge in [0.25, 0.3) is 0 Å². The number of hydrogen-bond donors (Lipinski definition) is 1. The molecule has 0 bridgehead atoms. The van der Waals surface area contributed by atoms with Crippen molar-refractivity contribution in [2.45, 2.75) is 33.2 Å². The number of hydrogen-bond acceptors (Lipinski definition) is 3. The standard InChI is InChI=1S/C14H19NO2/c1-4-11-6-7-13(17-11)14(15-5-2)12-8-9-16-10(12)3/h6-9,14-15H,4-5H2,1-3H3. The molecule has 1 unspecified atom stereocenters. The fraction of sp³-hybridized carbons (Fsp3) is 0.429. The fourth-order valence-electron chi connectivity index (χ4n) is 2.00. The molecule has 2 rings (SSSR count). The Morgan fingerprint density at radius 3 is 2.59 bits per heavy atom. The molecular formula is C14H19NO2. The lowest BCUT2D eigenvalue weighted by atomic mass is 10.1. The monoisotopic (exact) mass is 233 g/mol. The Morgan fingerprint density at radius 2 is 2.06 bits per heavy atom. The summed E-state index contributed by atoms with van der Waals surface area (Å²) in [6.45, 7) is 7.04. The van der Waals surface area contributed by atoms with Crippen LogP contribution in [-0.2, 0) is 6.42 Å². The maximum atomic E-state index is 5.82. The fourth-order valence-corrected chi connectivity index (χ4v) is 2.00. The van der Waals surface area contributed by atoms with Crippen LogP contribution in [0.5, 0.6) is 0 Å². The van der Waals surface area contributed by atoms with Gasteiger partial charge in [-0.2, -0.15) is 0 Å². The van der Waals surface area contributed by atoms with Gasteiger partial charge in [0, 0.05) is 12.0 Å². The van der Waals surface area contributed by atoms with Crippen LogP contribution in [0.15, 0.2) is 33.3 Å². The van der Waals surface area contributed by atoms with E-state index in [1.807, 2.05) is 25.1 Å². The van der Waals surface area contributed by atoms with Crippen molar-refractivity contribution in [2.75, 3.05) is 6.54 Å². The molecule has 3 heteroatoms. The number of nitrogens with one attached hydrogen (secondary N) is 1. The molecular weight excluding hydrogens is 214 g/mol. The summed E-state index contributed by atoms with van der Waals surface area (Å²) < 4.78 is 11.2. The van der Waals surface area contributed by atoms with Crippen LogP contribution >= 0.6 is 0 Å². The van der Waals surface area contributed by atoms with Gasteiger partial charge in [-0.3, -0.25) is 0 Å². The lowest BCUT2D eigenvalue weighted by Crippen LogP contribution is -2.21. The average Bonchev–Trinajstić information content (AvgIpc) is 2.95. The minimum atomic E-state index is 0.0825. The molecule has 0 aliphatic carbocycles. The molecule has 2 aromatic heterocycles. The first-order valence-electron chi connectivity index (χ1n) is 6.12.